The number of aryl methyl sites for hydroxylation is 1. The minimum absolute atomic E-state index is 0.197. The maximum Gasteiger partial charge on any atom is 0.240 e. The van der Waals surface area contributed by atoms with Crippen LogP contribution in [0, 0.1) is 18.7 Å². The van der Waals surface area contributed by atoms with E-state index in [9.17, 15) is 4.39 Å². The van der Waals surface area contributed by atoms with Crippen molar-refractivity contribution in [2.24, 2.45) is 11.1 Å². The van der Waals surface area contributed by atoms with E-state index in [2.05, 4.69) is 15.0 Å². The minimum Gasteiger partial charge on any atom is -0.495 e. The van der Waals surface area contributed by atoms with Crippen LogP contribution in [0.2, 0.25) is 0 Å². The van der Waals surface area contributed by atoms with Crippen LogP contribution in [0.5, 0.6) is 5.75 Å². The smallest absolute Gasteiger partial charge is 0.240 e. The molecule has 0 amide bonds. The Hall–Kier alpha value is -3.61. The van der Waals surface area contributed by atoms with Gasteiger partial charge in [-0.1, -0.05) is 17.3 Å². The maximum atomic E-state index is 13.9. The highest BCUT2D eigenvalue weighted by molar-refractivity contribution is 5.97. The molecule has 1 saturated heterocycles. The van der Waals surface area contributed by atoms with Crippen molar-refractivity contribution in [3.63, 3.8) is 0 Å². The number of piperidine rings is 1. The Morgan fingerprint density at radius 2 is 2.12 bits per heavy atom. The Kier molecular flexibility index (Phi) is 4.54. The Morgan fingerprint density at radius 1 is 1.21 bits per heavy atom. The van der Waals surface area contributed by atoms with Crippen LogP contribution in [-0.4, -0.2) is 33.9 Å². The van der Waals surface area contributed by atoms with Gasteiger partial charge in [0.15, 0.2) is 5.84 Å². The first-order valence-electron chi connectivity index (χ1n) is 11.3. The van der Waals surface area contributed by atoms with Gasteiger partial charge in [0.05, 0.1) is 24.8 Å². The zero-order valence-electron chi connectivity index (χ0n) is 18.7. The predicted molar refractivity (Wildman–Crippen MR) is 124 cm³/mol. The summed E-state index contributed by atoms with van der Waals surface area (Å²) in [5.74, 6) is 1.64. The molecule has 1 aliphatic carbocycles. The van der Waals surface area contributed by atoms with Crippen LogP contribution >= 0.6 is 0 Å². The highest BCUT2D eigenvalue weighted by Gasteiger charge is 2.58. The van der Waals surface area contributed by atoms with Gasteiger partial charge in [0, 0.05) is 24.2 Å². The molecule has 1 aromatic heterocycles. The zero-order valence-corrected chi connectivity index (χ0v) is 18.7. The Labute approximate surface area is 191 Å². The summed E-state index contributed by atoms with van der Waals surface area (Å²) >= 11 is 0. The summed E-state index contributed by atoms with van der Waals surface area (Å²) in [6.45, 7) is 2.82. The monoisotopic (exact) mass is 444 g/mol. The molecule has 1 unspecified atom stereocenters. The van der Waals surface area contributed by atoms with E-state index in [4.69, 9.17) is 9.57 Å². The lowest BCUT2D eigenvalue weighted by molar-refractivity contribution is -0.155. The fraction of sp³-hybridized carbons (Fsp3) is 0.308. The lowest BCUT2D eigenvalue weighted by Crippen LogP contribution is -2.52. The van der Waals surface area contributed by atoms with Crippen LogP contribution in [0.25, 0.3) is 11.8 Å². The molecule has 0 saturated carbocycles. The van der Waals surface area contributed by atoms with Gasteiger partial charge < -0.3 is 19.0 Å². The van der Waals surface area contributed by atoms with Gasteiger partial charge in [0.25, 0.3) is 0 Å². The standard InChI is InChI=1S/C26H25FN4O2/c1-17-15-30(16-28-17)23-9-5-18(12-24(23)32-2)6-10-25-29-33-26-20(4-3-11-31(25)26)13-19-14-21(27)7-8-22(19)26/h5-10,12,14-16,20H,3-4,11,13H2,1-2H3/t20-,26?/m0/s1. The molecule has 33 heavy (non-hydrogen) atoms. The van der Waals surface area contributed by atoms with Crippen LogP contribution in [0.3, 0.4) is 0 Å². The first kappa shape index (κ1) is 20.0. The highest BCUT2D eigenvalue weighted by Crippen LogP contribution is 2.53. The van der Waals surface area contributed by atoms with Gasteiger partial charge in [-0.15, -0.1) is 0 Å². The summed E-state index contributed by atoms with van der Waals surface area (Å²) in [5, 5.41) is 4.48. The van der Waals surface area contributed by atoms with Gasteiger partial charge in [0.2, 0.25) is 5.72 Å². The fourth-order valence-corrected chi connectivity index (χ4v) is 5.51. The lowest BCUT2D eigenvalue weighted by Gasteiger charge is -2.42. The number of ether oxygens (including phenoxy) is 1. The molecule has 3 aliphatic rings. The van der Waals surface area contributed by atoms with Crippen molar-refractivity contribution < 1.29 is 14.0 Å². The van der Waals surface area contributed by atoms with Crippen molar-refractivity contribution in [1.82, 2.24) is 14.5 Å². The zero-order chi connectivity index (χ0) is 22.6. The molecule has 3 heterocycles. The normalized spacial score (nSPS) is 23.2. The number of rotatable bonds is 4. The van der Waals surface area contributed by atoms with E-state index >= 15 is 0 Å². The van der Waals surface area contributed by atoms with Gasteiger partial charge in [-0.25, -0.2) is 9.37 Å². The topological polar surface area (TPSA) is 51.9 Å². The van der Waals surface area contributed by atoms with Crippen molar-refractivity contribution in [3.05, 3.63) is 83.2 Å². The van der Waals surface area contributed by atoms with Crippen molar-refractivity contribution >= 4 is 11.9 Å². The average molecular weight is 445 g/mol. The van der Waals surface area contributed by atoms with E-state index in [1.165, 1.54) is 6.07 Å². The maximum absolute atomic E-state index is 13.9. The van der Waals surface area contributed by atoms with Gasteiger partial charge >= 0.3 is 0 Å². The van der Waals surface area contributed by atoms with Gasteiger partial charge in [-0.05, 0) is 73.7 Å². The van der Waals surface area contributed by atoms with Gasteiger partial charge in [-0.3, -0.25) is 0 Å². The van der Waals surface area contributed by atoms with Crippen LogP contribution < -0.4 is 4.74 Å². The van der Waals surface area contributed by atoms with Crippen LogP contribution in [0.15, 0.2) is 60.2 Å². The molecule has 2 aromatic carbocycles. The second kappa shape index (κ2) is 7.47. The van der Waals surface area contributed by atoms with E-state index in [-0.39, 0.29) is 11.7 Å². The third kappa shape index (κ3) is 3.06. The Bertz CT molecular complexity index is 1300. The number of methoxy groups -OCH3 is 1. The molecule has 2 atom stereocenters. The molecule has 6 rings (SSSR count). The van der Waals surface area contributed by atoms with E-state index < -0.39 is 5.72 Å². The minimum atomic E-state index is -0.609. The molecule has 7 heteroatoms. The van der Waals surface area contributed by atoms with Gasteiger partial charge in [-0.2, -0.15) is 0 Å². The summed E-state index contributed by atoms with van der Waals surface area (Å²) in [6, 6.07) is 11.1. The molecular weight excluding hydrogens is 419 g/mol. The number of fused-ring (bicyclic) bond motifs is 1. The number of hydrogen-bond acceptors (Lipinski definition) is 5. The molecule has 168 valence electrons. The number of oxime groups is 1. The molecule has 1 spiro atoms. The molecule has 2 aliphatic heterocycles. The summed E-state index contributed by atoms with van der Waals surface area (Å²) in [4.78, 5) is 12.7. The second-order valence-electron chi connectivity index (χ2n) is 8.92. The van der Waals surface area contributed by atoms with Crippen LogP contribution in [0.4, 0.5) is 4.39 Å². The Morgan fingerprint density at radius 3 is 2.94 bits per heavy atom. The summed E-state index contributed by atoms with van der Waals surface area (Å²) in [5.41, 5.74) is 4.35. The van der Waals surface area contributed by atoms with Crippen molar-refractivity contribution in [1.29, 1.82) is 0 Å². The number of amidine groups is 1. The first-order valence-corrected chi connectivity index (χ1v) is 11.3. The van der Waals surface area contributed by atoms with Gasteiger partial charge in [0.1, 0.15) is 11.6 Å². The van der Waals surface area contributed by atoms with E-state index in [0.29, 0.717) is 0 Å². The van der Waals surface area contributed by atoms with E-state index in [1.54, 1.807) is 19.5 Å². The molecular formula is C26H25FN4O2. The van der Waals surface area contributed by atoms with Crippen LogP contribution in [0.1, 0.15) is 35.2 Å². The third-order valence-electron chi connectivity index (χ3n) is 6.98. The number of halogens is 1. The van der Waals surface area contributed by atoms with Crippen molar-refractivity contribution in [2.75, 3.05) is 13.7 Å². The number of benzene rings is 2. The quantitative estimate of drug-likeness (QED) is 0.580. The van der Waals surface area contributed by atoms with E-state index in [0.717, 1.165) is 65.5 Å². The fourth-order valence-electron chi connectivity index (χ4n) is 5.51. The van der Waals surface area contributed by atoms with Crippen LogP contribution in [-0.2, 0) is 17.0 Å². The molecule has 3 aromatic rings. The second-order valence-corrected chi connectivity index (χ2v) is 8.92. The Balaban J connectivity index is 1.29. The molecule has 1 fully saturated rings. The third-order valence-corrected chi connectivity index (χ3v) is 6.98. The number of hydrogen-bond donors (Lipinski definition) is 0. The molecule has 0 radical (unpaired) electrons. The highest BCUT2D eigenvalue weighted by atomic mass is 19.1. The number of imidazole rings is 1. The molecule has 6 nitrogen and oxygen atoms in total. The first-order chi connectivity index (χ1) is 16.1. The average Bonchev–Trinajstić information content (AvgIpc) is 3.51. The summed E-state index contributed by atoms with van der Waals surface area (Å²) in [6.07, 6.45) is 10.7. The number of nitrogens with zero attached hydrogens (tertiary/aromatic N) is 4. The summed E-state index contributed by atoms with van der Waals surface area (Å²) in [7, 11) is 1.67. The summed E-state index contributed by atoms with van der Waals surface area (Å²) < 4.78 is 21.4. The van der Waals surface area contributed by atoms with E-state index in [1.807, 2.05) is 54.1 Å². The SMILES string of the molecule is COc1cc(C=CC2=NOC34c5ccc(F)cc5C[C@@H]3CCCN24)ccc1-n1cnc(C)c1. The largest absolute Gasteiger partial charge is 0.495 e. The van der Waals surface area contributed by atoms with Crippen molar-refractivity contribution in [3.8, 4) is 11.4 Å². The molecule has 0 N–H and O–H groups in total. The predicted octanol–water partition coefficient (Wildman–Crippen LogP) is 4.81. The van der Waals surface area contributed by atoms with Crippen molar-refractivity contribution in [2.45, 2.75) is 31.9 Å². The number of aromatic nitrogens is 2. The lowest BCUT2D eigenvalue weighted by atomic mass is 9.86. The molecule has 0 bridgehead atoms.